The Bertz CT molecular complexity index is 368. The van der Waals surface area contributed by atoms with Crippen molar-refractivity contribution in [2.75, 3.05) is 0 Å². The average Bonchev–Trinajstić information content (AvgIpc) is 2.87. The number of hydrogen-bond acceptors (Lipinski definition) is 3. The van der Waals surface area contributed by atoms with E-state index in [0.29, 0.717) is 5.92 Å². The van der Waals surface area contributed by atoms with Gasteiger partial charge >= 0.3 is 5.97 Å². The highest BCUT2D eigenvalue weighted by molar-refractivity contribution is 5.71. The van der Waals surface area contributed by atoms with Crippen LogP contribution in [0.5, 0.6) is 0 Å². The lowest BCUT2D eigenvalue weighted by Crippen LogP contribution is -2.24. The molecule has 0 bridgehead atoms. The maximum atomic E-state index is 11.0. The van der Waals surface area contributed by atoms with Gasteiger partial charge in [-0.2, -0.15) is 0 Å². The normalized spacial score (nSPS) is 18.1. The molecule has 1 aromatic heterocycles. The highest BCUT2D eigenvalue weighted by atomic mass is 16.4. The lowest BCUT2D eigenvalue weighted by Gasteiger charge is -2.15. The standard InChI is InChI=1S/C10H15N3O2/c1-6(2)9(10(14)15)13-5-8(11-12-13)7-3-4-7/h5-7,9H,3-4H2,1-2H3,(H,14,15). The monoisotopic (exact) mass is 209 g/mol. The molecule has 0 radical (unpaired) electrons. The Labute approximate surface area is 88.1 Å². The van der Waals surface area contributed by atoms with E-state index in [0.717, 1.165) is 18.5 Å². The van der Waals surface area contributed by atoms with Gasteiger partial charge in [0.15, 0.2) is 6.04 Å². The third-order valence-electron chi connectivity index (χ3n) is 2.69. The summed E-state index contributed by atoms with van der Waals surface area (Å²) in [5.74, 6) is -0.325. The first-order chi connectivity index (χ1) is 7.09. The molecule has 1 aliphatic carbocycles. The van der Waals surface area contributed by atoms with Crippen LogP contribution in [0.25, 0.3) is 0 Å². The minimum absolute atomic E-state index is 0.0104. The third kappa shape index (κ3) is 2.00. The van der Waals surface area contributed by atoms with Gasteiger partial charge < -0.3 is 5.11 Å². The van der Waals surface area contributed by atoms with E-state index in [4.69, 9.17) is 5.11 Å². The minimum Gasteiger partial charge on any atom is -0.480 e. The molecule has 1 aliphatic rings. The van der Waals surface area contributed by atoms with Gasteiger partial charge in [-0.25, -0.2) is 9.48 Å². The lowest BCUT2D eigenvalue weighted by molar-refractivity contribution is -0.142. The average molecular weight is 209 g/mol. The zero-order valence-corrected chi connectivity index (χ0v) is 8.92. The van der Waals surface area contributed by atoms with Crippen molar-refractivity contribution in [3.05, 3.63) is 11.9 Å². The molecule has 0 saturated heterocycles. The van der Waals surface area contributed by atoms with Crippen molar-refractivity contribution in [3.63, 3.8) is 0 Å². The largest absolute Gasteiger partial charge is 0.480 e. The molecule has 1 saturated carbocycles. The van der Waals surface area contributed by atoms with Gasteiger partial charge in [-0.05, 0) is 18.8 Å². The number of carbonyl (C=O) groups is 1. The first-order valence-electron chi connectivity index (χ1n) is 5.24. The first-order valence-corrected chi connectivity index (χ1v) is 5.24. The number of hydrogen-bond donors (Lipinski definition) is 1. The molecule has 82 valence electrons. The summed E-state index contributed by atoms with van der Waals surface area (Å²) in [6.45, 7) is 3.74. The molecule has 1 heterocycles. The number of carboxylic acid groups (broad SMARTS) is 1. The summed E-state index contributed by atoms with van der Waals surface area (Å²) in [7, 11) is 0. The molecule has 1 fully saturated rings. The van der Waals surface area contributed by atoms with Crippen molar-refractivity contribution in [1.82, 2.24) is 15.0 Å². The molecule has 1 atom stereocenters. The van der Waals surface area contributed by atoms with Crippen LogP contribution in [0.2, 0.25) is 0 Å². The fourth-order valence-electron chi connectivity index (χ4n) is 1.70. The van der Waals surface area contributed by atoms with Crippen LogP contribution in [-0.4, -0.2) is 26.1 Å². The number of aliphatic carboxylic acids is 1. The molecule has 5 heteroatoms. The zero-order chi connectivity index (χ0) is 11.0. The third-order valence-corrected chi connectivity index (χ3v) is 2.69. The molecule has 1 N–H and O–H groups in total. The summed E-state index contributed by atoms with van der Waals surface area (Å²) in [6, 6.07) is -0.606. The Hall–Kier alpha value is -1.39. The Kier molecular flexibility index (Phi) is 2.46. The molecule has 0 aliphatic heterocycles. The predicted octanol–water partition coefficient (Wildman–Crippen LogP) is 1.44. The van der Waals surface area contributed by atoms with E-state index in [1.165, 1.54) is 4.68 Å². The van der Waals surface area contributed by atoms with Crippen LogP contribution in [-0.2, 0) is 4.79 Å². The fraction of sp³-hybridized carbons (Fsp3) is 0.700. The summed E-state index contributed by atoms with van der Waals surface area (Å²) in [6.07, 6.45) is 4.08. The van der Waals surface area contributed by atoms with Gasteiger partial charge in [0.25, 0.3) is 0 Å². The molecular formula is C10H15N3O2. The molecule has 1 unspecified atom stereocenters. The molecule has 2 rings (SSSR count). The minimum atomic E-state index is -0.850. The maximum absolute atomic E-state index is 11.0. The number of aromatic nitrogens is 3. The Morgan fingerprint density at radius 3 is 2.73 bits per heavy atom. The van der Waals surface area contributed by atoms with E-state index in [2.05, 4.69) is 10.3 Å². The fourth-order valence-corrected chi connectivity index (χ4v) is 1.70. The molecule has 15 heavy (non-hydrogen) atoms. The van der Waals surface area contributed by atoms with Crippen LogP contribution in [0.1, 0.15) is 44.3 Å². The molecule has 0 spiro atoms. The Morgan fingerprint density at radius 1 is 1.60 bits per heavy atom. The zero-order valence-electron chi connectivity index (χ0n) is 8.92. The topological polar surface area (TPSA) is 68.0 Å². The first kappa shape index (κ1) is 10.1. The van der Waals surface area contributed by atoms with Crippen LogP contribution in [0.4, 0.5) is 0 Å². The van der Waals surface area contributed by atoms with Crippen LogP contribution in [0.3, 0.4) is 0 Å². The van der Waals surface area contributed by atoms with Crippen LogP contribution >= 0.6 is 0 Å². The summed E-state index contributed by atoms with van der Waals surface area (Å²) >= 11 is 0. The van der Waals surface area contributed by atoms with Crippen molar-refractivity contribution in [2.24, 2.45) is 5.92 Å². The van der Waals surface area contributed by atoms with Crippen LogP contribution < -0.4 is 0 Å². The number of carboxylic acids is 1. The van der Waals surface area contributed by atoms with Gasteiger partial charge in [0.1, 0.15) is 0 Å². The Morgan fingerprint density at radius 2 is 2.27 bits per heavy atom. The summed E-state index contributed by atoms with van der Waals surface area (Å²) in [5, 5.41) is 17.0. The lowest BCUT2D eigenvalue weighted by atomic mass is 10.1. The second kappa shape index (κ2) is 3.64. The van der Waals surface area contributed by atoms with Crippen molar-refractivity contribution in [2.45, 2.75) is 38.6 Å². The number of rotatable bonds is 4. The van der Waals surface area contributed by atoms with Gasteiger partial charge in [0, 0.05) is 12.1 Å². The quantitative estimate of drug-likeness (QED) is 0.814. The van der Waals surface area contributed by atoms with E-state index in [-0.39, 0.29) is 5.92 Å². The van der Waals surface area contributed by atoms with Crippen molar-refractivity contribution < 1.29 is 9.90 Å². The van der Waals surface area contributed by atoms with E-state index in [1.807, 2.05) is 13.8 Å². The van der Waals surface area contributed by atoms with Gasteiger partial charge in [-0.15, -0.1) is 5.10 Å². The smallest absolute Gasteiger partial charge is 0.328 e. The van der Waals surface area contributed by atoms with E-state index >= 15 is 0 Å². The maximum Gasteiger partial charge on any atom is 0.328 e. The molecular weight excluding hydrogens is 194 g/mol. The number of nitrogens with zero attached hydrogens (tertiary/aromatic N) is 3. The summed E-state index contributed by atoms with van der Waals surface area (Å²) < 4.78 is 1.47. The van der Waals surface area contributed by atoms with Crippen molar-refractivity contribution in [1.29, 1.82) is 0 Å². The second-order valence-electron chi connectivity index (χ2n) is 4.42. The van der Waals surface area contributed by atoms with Gasteiger partial charge in [0.05, 0.1) is 5.69 Å². The van der Waals surface area contributed by atoms with Crippen molar-refractivity contribution >= 4 is 5.97 Å². The molecule has 0 aromatic carbocycles. The SMILES string of the molecule is CC(C)C(C(=O)O)n1cc(C2CC2)nn1. The molecule has 1 aromatic rings. The summed E-state index contributed by atoms with van der Waals surface area (Å²) in [5.41, 5.74) is 0.932. The Balaban J connectivity index is 2.21. The highest BCUT2D eigenvalue weighted by Gasteiger charge is 2.30. The summed E-state index contributed by atoms with van der Waals surface area (Å²) in [4.78, 5) is 11.0. The predicted molar refractivity (Wildman–Crippen MR) is 53.5 cm³/mol. The molecule has 5 nitrogen and oxygen atoms in total. The van der Waals surface area contributed by atoms with Gasteiger partial charge in [0.2, 0.25) is 0 Å². The second-order valence-corrected chi connectivity index (χ2v) is 4.42. The van der Waals surface area contributed by atoms with E-state index in [9.17, 15) is 4.79 Å². The van der Waals surface area contributed by atoms with Gasteiger partial charge in [-0.3, -0.25) is 0 Å². The van der Waals surface area contributed by atoms with Gasteiger partial charge in [-0.1, -0.05) is 19.1 Å². The van der Waals surface area contributed by atoms with Crippen molar-refractivity contribution in [3.8, 4) is 0 Å². The van der Waals surface area contributed by atoms with Crippen LogP contribution in [0, 0.1) is 5.92 Å². The van der Waals surface area contributed by atoms with Crippen LogP contribution in [0.15, 0.2) is 6.20 Å². The van der Waals surface area contributed by atoms with E-state index < -0.39 is 12.0 Å². The van der Waals surface area contributed by atoms with E-state index in [1.54, 1.807) is 6.20 Å². The highest BCUT2D eigenvalue weighted by Crippen LogP contribution is 2.38. The molecule has 0 amide bonds.